The monoisotopic (exact) mass is 587 g/mol. The van der Waals surface area contributed by atoms with Crippen molar-refractivity contribution in [3.8, 4) is 0 Å². The predicted molar refractivity (Wildman–Crippen MR) is 173 cm³/mol. The lowest BCUT2D eigenvalue weighted by atomic mass is 9.78. The highest BCUT2D eigenvalue weighted by Gasteiger charge is 2.46. The minimum atomic E-state index is -0.682. The quantitative estimate of drug-likeness (QED) is 0.112. The summed E-state index contributed by atoms with van der Waals surface area (Å²) >= 11 is 0. The molecule has 3 aliphatic rings. The molecule has 0 aromatic heterocycles. The summed E-state index contributed by atoms with van der Waals surface area (Å²) in [5.41, 5.74) is 5.94. The number of rotatable bonds is 11. The molecule has 2 heterocycles. The van der Waals surface area contributed by atoms with Crippen LogP contribution < -0.4 is 0 Å². The molecule has 0 N–H and O–H groups in total. The second-order valence-corrected chi connectivity index (χ2v) is 13.8. The number of fused-ring (bicyclic) bond motifs is 1. The lowest BCUT2D eigenvalue weighted by Crippen LogP contribution is -2.28. The van der Waals surface area contributed by atoms with Gasteiger partial charge in [-0.1, -0.05) is 59.8 Å². The smallest absolute Gasteiger partial charge is 0.270 e. The fourth-order valence-corrected chi connectivity index (χ4v) is 6.47. The van der Waals surface area contributed by atoms with E-state index >= 15 is 0 Å². The summed E-state index contributed by atoms with van der Waals surface area (Å²) in [4.78, 5) is 25.0. The van der Waals surface area contributed by atoms with E-state index in [4.69, 9.17) is 0 Å². The minimum Gasteiger partial charge on any atom is -0.344 e. The zero-order valence-electron chi connectivity index (χ0n) is 27.0. The Morgan fingerprint density at radius 2 is 1.70 bits per heavy atom. The Labute approximate surface area is 256 Å². The molecular weight excluding hydrogens is 540 g/mol. The molecule has 1 aliphatic carbocycles. The summed E-state index contributed by atoms with van der Waals surface area (Å²) in [5, 5.41) is 23.1. The van der Waals surface area contributed by atoms with E-state index in [1.807, 2.05) is 24.3 Å². The first-order valence-corrected chi connectivity index (χ1v) is 15.5. The first-order valence-electron chi connectivity index (χ1n) is 15.5. The lowest BCUT2D eigenvalue weighted by molar-refractivity contribution is -0.509. The summed E-state index contributed by atoms with van der Waals surface area (Å²) in [6.07, 6.45) is 16.6. The van der Waals surface area contributed by atoms with Gasteiger partial charge in [-0.15, -0.1) is 0 Å². The van der Waals surface area contributed by atoms with Crippen LogP contribution >= 0.6 is 0 Å². The van der Waals surface area contributed by atoms with Gasteiger partial charge in [0.25, 0.3) is 5.69 Å². The first-order chi connectivity index (χ1) is 20.2. The Morgan fingerprint density at radius 1 is 1.00 bits per heavy atom. The van der Waals surface area contributed by atoms with Gasteiger partial charge in [0, 0.05) is 71.0 Å². The van der Waals surface area contributed by atoms with Crippen LogP contribution in [0.2, 0.25) is 0 Å². The van der Waals surface area contributed by atoms with Gasteiger partial charge in [0.1, 0.15) is 6.54 Å². The molecule has 0 fully saturated rings. The molecule has 0 amide bonds. The van der Waals surface area contributed by atoms with Crippen LogP contribution in [0.1, 0.15) is 80.2 Å². The molecule has 1 aromatic carbocycles. The molecule has 0 spiro atoms. The molecule has 0 saturated carbocycles. The average molecular weight is 588 g/mol. The molecule has 0 bridgehead atoms. The highest BCUT2D eigenvalue weighted by Crippen LogP contribution is 2.51. The van der Waals surface area contributed by atoms with Crippen molar-refractivity contribution in [1.82, 2.24) is 4.90 Å². The molecular formula is C35H47N4O4+. The second-order valence-electron chi connectivity index (χ2n) is 13.8. The van der Waals surface area contributed by atoms with Gasteiger partial charge in [0.15, 0.2) is 5.71 Å². The fraction of sp³-hybridized carbons (Fsp3) is 0.514. The number of hydrogen-bond donors (Lipinski definition) is 0. The maximum Gasteiger partial charge on any atom is 0.270 e. The maximum atomic E-state index is 11.6. The first kappa shape index (κ1) is 32.1. The zero-order chi connectivity index (χ0) is 31.7. The Hall–Kier alpha value is -3.81. The number of nitro benzene ring substituents is 1. The number of hydrogen-bond acceptors (Lipinski definition) is 5. The predicted octanol–water partition coefficient (Wildman–Crippen LogP) is 8.26. The van der Waals surface area contributed by atoms with Gasteiger partial charge in [-0.2, -0.15) is 4.58 Å². The van der Waals surface area contributed by atoms with Crippen molar-refractivity contribution < 1.29 is 14.4 Å². The third-order valence-electron chi connectivity index (χ3n) is 9.12. The molecule has 0 saturated heterocycles. The van der Waals surface area contributed by atoms with Crippen molar-refractivity contribution in [3.05, 3.63) is 103 Å². The second kappa shape index (κ2) is 12.4. The van der Waals surface area contributed by atoms with Crippen LogP contribution in [-0.2, 0) is 5.41 Å². The van der Waals surface area contributed by atoms with Crippen LogP contribution in [0, 0.1) is 37.5 Å². The minimum absolute atomic E-state index is 0.115. The molecule has 43 heavy (non-hydrogen) atoms. The number of nitrogens with zero attached hydrogens (tertiary/aromatic N) is 4. The Morgan fingerprint density at radius 3 is 2.33 bits per heavy atom. The molecule has 4 rings (SSSR count). The van der Waals surface area contributed by atoms with E-state index < -0.39 is 6.04 Å². The van der Waals surface area contributed by atoms with Crippen LogP contribution in [0.15, 0.2) is 77.7 Å². The third kappa shape index (κ3) is 6.43. The van der Waals surface area contributed by atoms with Gasteiger partial charge in [-0.25, -0.2) is 0 Å². The molecule has 0 radical (unpaired) electrons. The van der Waals surface area contributed by atoms with Gasteiger partial charge in [-0.3, -0.25) is 20.2 Å². The third-order valence-corrected chi connectivity index (χ3v) is 9.12. The van der Waals surface area contributed by atoms with Crippen LogP contribution in [-0.4, -0.2) is 44.2 Å². The Balaban J connectivity index is 1.64. The number of nitro groups is 2. The molecule has 1 aromatic rings. The van der Waals surface area contributed by atoms with Gasteiger partial charge < -0.3 is 4.90 Å². The van der Waals surface area contributed by atoms with Crippen LogP contribution in [0.4, 0.5) is 11.4 Å². The zero-order valence-corrected chi connectivity index (χ0v) is 27.0. The normalized spacial score (nSPS) is 21.8. The largest absolute Gasteiger partial charge is 0.344 e. The van der Waals surface area contributed by atoms with E-state index in [1.54, 1.807) is 18.2 Å². The van der Waals surface area contributed by atoms with E-state index in [9.17, 15) is 20.2 Å². The van der Waals surface area contributed by atoms with Crippen molar-refractivity contribution in [1.29, 1.82) is 0 Å². The van der Waals surface area contributed by atoms with Crippen LogP contribution in [0.3, 0.4) is 0 Å². The summed E-state index contributed by atoms with van der Waals surface area (Å²) in [6, 6.07) is 4.52. The fourth-order valence-electron chi connectivity index (χ4n) is 6.47. The maximum absolute atomic E-state index is 11.6. The van der Waals surface area contributed by atoms with Crippen molar-refractivity contribution in [2.75, 3.05) is 13.1 Å². The Bertz CT molecular complexity index is 1470. The molecule has 8 heteroatoms. The summed E-state index contributed by atoms with van der Waals surface area (Å²) in [5.74, 6) is 1.08. The number of non-ortho nitro benzene ring substituents is 1. The van der Waals surface area contributed by atoms with Gasteiger partial charge in [0.2, 0.25) is 11.7 Å². The van der Waals surface area contributed by atoms with E-state index in [1.165, 1.54) is 0 Å². The topological polar surface area (TPSA) is 92.5 Å². The average Bonchev–Trinajstić information content (AvgIpc) is 3.28. The van der Waals surface area contributed by atoms with E-state index in [0.717, 1.165) is 59.9 Å². The lowest BCUT2D eigenvalue weighted by Gasteiger charge is -2.29. The standard InChI is InChI=1S/C35H47N4O4/c1-24(2)18-20-36-30-16-14-26(38(40)41)22-28(30)34(5,6)32(36)12-10-9-11-13-33-35(7,8)29-23-27(39(42)43)15-17-31(29)37(33)21-19-25(3)4/h9-17,22,24-25,27H,18-21,23H2,1-8H3/q+1. The molecule has 1 atom stereocenters. The Kier molecular flexibility index (Phi) is 9.28. The van der Waals surface area contributed by atoms with Crippen molar-refractivity contribution in [2.24, 2.45) is 17.3 Å². The molecule has 1 unspecified atom stereocenters. The van der Waals surface area contributed by atoms with Crippen LogP contribution in [0.5, 0.6) is 0 Å². The summed E-state index contributed by atoms with van der Waals surface area (Å²) in [7, 11) is 0. The molecule has 2 aliphatic heterocycles. The highest BCUT2D eigenvalue weighted by atomic mass is 16.6. The van der Waals surface area contributed by atoms with E-state index in [2.05, 4.69) is 83.1 Å². The molecule has 8 nitrogen and oxygen atoms in total. The van der Waals surface area contributed by atoms with Crippen molar-refractivity contribution in [3.63, 3.8) is 0 Å². The van der Waals surface area contributed by atoms with Gasteiger partial charge in [0.05, 0.1) is 10.3 Å². The van der Waals surface area contributed by atoms with Gasteiger partial charge >= 0.3 is 0 Å². The SMILES string of the molecule is CC(C)CCN1C2=C(CC([N+](=O)[O-])C=C2)C(C)(C)\C1=C/C=C/C=C/C1=[N+](CCC(C)C)c2ccc([N+](=O)[O-])cc2C1(C)C. The summed E-state index contributed by atoms with van der Waals surface area (Å²) in [6.45, 7) is 19.2. The van der Waals surface area contributed by atoms with Gasteiger partial charge in [-0.05, 0) is 55.9 Å². The van der Waals surface area contributed by atoms with Crippen molar-refractivity contribution in [2.45, 2.75) is 86.1 Å². The van der Waals surface area contributed by atoms with E-state index in [0.29, 0.717) is 18.3 Å². The number of benzene rings is 1. The van der Waals surface area contributed by atoms with Crippen LogP contribution in [0.25, 0.3) is 0 Å². The van der Waals surface area contributed by atoms with E-state index in [-0.39, 0.29) is 26.4 Å². The number of allylic oxidation sites excluding steroid dienone is 7. The molecule has 230 valence electrons. The highest BCUT2D eigenvalue weighted by molar-refractivity contribution is 6.03. The summed E-state index contributed by atoms with van der Waals surface area (Å²) < 4.78 is 2.31. The van der Waals surface area contributed by atoms with Crippen molar-refractivity contribution >= 4 is 17.1 Å².